The van der Waals surface area contributed by atoms with E-state index in [0.717, 1.165) is 30.2 Å². The van der Waals surface area contributed by atoms with Crippen LogP contribution in [0.4, 0.5) is 0 Å². The van der Waals surface area contributed by atoms with Crippen molar-refractivity contribution in [3.63, 3.8) is 0 Å². The maximum absolute atomic E-state index is 12.8. The Labute approximate surface area is 193 Å². The summed E-state index contributed by atoms with van der Waals surface area (Å²) < 4.78 is 1.98. The average Bonchev–Trinajstić information content (AvgIpc) is 3.62. The zero-order valence-corrected chi connectivity index (χ0v) is 18.9. The number of imidazole rings is 1. The van der Waals surface area contributed by atoms with Crippen molar-refractivity contribution in [3.05, 3.63) is 60.7 Å². The number of para-hydroxylation sites is 1. The zero-order valence-electron chi connectivity index (χ0n) is 18.9. The van der Waals surface area contributed by atoms with E-state index >= 15 is 0 Å². The monoisotopic (exact) mass is 446 g/mol. The average molecular weight is 447 g/mol. The molecule has 0 spiro atoms. The maximum Gasteiger partial charge on any atom is 0.233 e. The molecule has 2 aliphatic carbocycles. The molecule has 8 heteroatoms. The molecule has 3 aliphatic rings. The summed E-state index contributed by atoms with van der Waals surface area (Å²) in [6.07, 6.45) is 11.4. The Morgan fingerprint density at radius 2 is 1.88 bits per heavy atom. The number of imide groups is 1. The molecule has 5 rings (SSSR count). The topological polar surface area (TPSA) is 91.6 Å². The Morgan fingerprint density at radius 1 is 1.12 bits per heavy atom. The highest BCUT2D eigenvalue weighted by Gasteiger charge is 2.58. The Morgan fingerprint density at radius 3 is 2.58 bits per heavy atom. The molecule has 4 atom stereocenters. The molecule has 2 fully saturated rings. The van der Waals surface area contributed by atoms with Gasteiger partial charge < -0.3 is 15.2 Å². The van der Waals surface area contributed by atoms with Crippen LogP contribution in [0.5, 0.6) is 0 Å². The van der Waals surface area contributed by atoms with Crippen molar-refractivity contribution in [1.82, 2.24) is 25.1 Å². The number of hydrogen-bond acceptors (Lipinski definition) is 4. The third-order valence-electron chi connectivity index (χ3n) is 6.94. The van der Waals surface area contributed by atoms with Crippen LogP contribution < -0.4 is 10.6 Å². The van der Waals surface area contributed by atoms with E-state index in [1.165, 1.54) is 4.90 Å². The second kappa shape index (κ2) is 9.21. The molecule has 2 bridgehead atoms. The number of carbonyl (C=O) groups is 2. The molecule has 1 aromatic heterocycles. The molecule has 2 aromatic rings. The quantitative estimate of drug-likeness (QED) is 0.213. The number of likely N-dealkylation sites (tertiary alicyclic amines) is 1. The second-order valence-corrected chi connectivity index (χ2v) is 8.90. The van der Waals surface area contributed by atoms with Gasteiger partial charge in [0.2, 0.25) is 11.8 Å². The van der Waals surface area contributed by atoms with Gasteiger partial charge in [0, 0.05) is 32.0 Å². The third-order valence-corrected chi connectivity index (χ3v) is 6.94. The van der Waals surface area contributed by atoms with E-state index < -0.39 is 0 Å². The van der Waals surface area contributed by atoms with Crippen LogP contribution >= 0.6 is 0 Å². The molecule has 2 heterocycles. The van der Waals surface area contributed by atoms with Gasteiger partial charge in [-0.2, -0.15) is 0 Å². The molecule has 1 saturated heterocycles. The number of rotatable bonds is 8. The summed E-state index contributed by atoms with van der Waals surface area (Å²) in [5.74, 6) is 1.06. The SMILES string of the molecule is CCNC(=NCc1ccccc1-n1ccnc1)NCCCN1C(=O)C2C3C=CC(C3)C2C1=O. The first-order chi connectivity index (χ1) is 16.2. The minimum atomic E-state index is -0.116. The first-order valence-corrected chi connectivity index (χ1v) is 11.8. The van der Waals surface area contributed by atoms with Crippen molar-refractivity contribution in [2.45, 2.75) is 26.3 Å². The number of hydrogen-bond donors (Lipinski definition) is 2. The number of allylic oxidation sites excluding steroid dienone is 2. The van der Waals surface area contributed by atoms with Gasteiger partial charge in [-0.05, 0) is 43.2 Å². The molecule has 33 heavy (non-hydrogen) atoms. The van der Waals surface area contributed by atoms with Crippen molar-refractivity contribution in [3.8, 4) is 5.69 Å². The molecule has 1 aromatic carbocycles. The van der Waals surface area contributed by atoms with E-state index in [4.69, 9.17) is 4.99 Å². The smallest absolute Gasteiger partial charge is 0.233 e. The number of amides is 2. The molecular weight excluding hydrogens is 416 g/mol. The third kappa shape index (κ3) is 4.05. The van der Waals surface area contributed by atoms with Crippen LogP contribution in [0.25, 0.3) is 5.69 Å². The first kappa shape index (κ1) is 21.4. The lowest BCUT2D eigenvalue weighted by Crippen LogP contribution is -2.40. The lowest BCUT2D eigenvalue weighted by molar-refractivity contribution is -0.140. The van der Waals surface area contributed by atoms with Crippen LogP contribution in [-0.4, -0.2) is 51.9 Å². The Bertz CT molecular complexity index is 1050. The van der Waals surface area contributed by atoms with E-state index in [1.807, 2.05) is 35.9 Å². The summed E-state index contributed by atoms with van der Waals surface area (Å²) in [4.78, 5) is 36.0. The van der Waals surface area contributed by atoms with E-state index in [2.05, 4.69) is 33.8 Å². The summed E-state index contributed by atoms with van der Waals surface area (Å²) in [7, 11) is 0. The fraction of sp³-hybridized carbons (Fsp3) is 0.440. The van der Waals surface area contributed by atoms with Gasteiger partial charge in [0.1, 0.15) is 0 Å². The van der Waals surface area contributed by atoms with E-state index in [0.29, 0.717) is 26.1 Å². The molecule has 1 saturated carbocycles. The Hall–Kier alpha value is -3.42. The number of fused-ring (bicyclic) bond motifs is 5. The molecular formula is C25H30N6O2. The summed E-state index contributed by atoms with van der Waals surface area (Å²) >= 11 is 0. The fourth-order valence-electron chi connectivity index (χ4n) is 5.43. The van der Waals surface area contributed by atoms with Crippen LogP contribution in [0.2, 0.25) is 0 Å². The Kier molecular flexibility index (Phi) is 5.98. The Balaban J connectivity index is 1.16. The van der Waals surface area contributed by atoms with Gasteiger partial charge in [0.15, 0.2) is 5.96 Å². The van der Waals surface area contributed by atoms with Crippen LogP contribution in [0.15, 0.2) is 60.1 Å². The normalized spacial score (nSPS) is 25.7. The second-order valence-electron chi connectivity index (χ2n) is 8.90. The summed E-state index contributed by atoms with van der Waals surface area (Å²) in [5.41, 5.74) is 2.14. The fourth-order valence-corrected chi connectivity index (χ4v) is 5.43. The minimum Gasteiger partial charge on any atom is -0.357 e. The van der Waals surface area contributed by atoms with Crippen LogP contribution in [0.3, 0.4) is 0 Å². The zero-order chi connectivity index (χ0) is 22.8. The standard InChI is InChI=1S/C25H30N6O2/c1-2-27-25(29-15-19-6-3-4-7-20(19)30-13-11-26-16-30)28-10-5-12-31-23(32)21-17-8-9-18(14-17)22(21)24(31)33/h3-4,6-9,11,13,16-18,21-22H,2,5,10,12,14-15H2,1H3,(H2,27,28,29). The predicted molar refractivity (Wildman–Crippen MR) is 125 cm³/mol. The van der Waals surface area contributed by atoms with Gasteiger partial charge in [0.05, 0.1) is 30.4 Å². The molecule has 4 unspecified atom stereocenters. The van der Waals surface area contributed by atoms with Gasteiger partial charge in [-0.3, -0.25) is 14.5 Å². The van der Waals surface area contributed by atoms with Crippen LogP contribution in [0.1, 0.15) is 25.3 Å². The number of nitrogens with one attached hydrogen (secondary N) is 2. The van der Waals surface area contributed by atoms with Gasteiger partial charge >= 0.3 is 0 Å². The largest absolute Gasteiger partial charge is 0.357 e. The molecule has 1 aliphatic heterocycles. The highest BCUT2D eigenvalue weighted by Crippen LogP contribution is 2.52. The van der Waals surface area contributed by atoms with Crippen molar-refractivity contribution in [1.29, 1.82) is 0 Å². The number of benzene rings is 1. The van der Waals surface area contributed by atoms with Gasteiger partial charge in [0.25, 0.3) is 0 Å². The summed E-state index contributed by atoms with van der Waals surface area (Å²) in [5, 5.41) is 6.61. The van der Waals surface area contributed by atoms with E-state index in [9.17, 15) is 9.59 Å². The first-order valence-electron chi connectivity index (χ1n) is 11.8. The van der Waals surface area contributed by atoms with Crippen LogP contribution in [0, 0.1) is 23.7 Å². The van der Waals surface area contributed by atoms with E-state index in [1.54, 1.807) is 12.5 Å². The molecule has 0 radical (unpaired) electrons. The number of aliphatic imine (C=N–C) groups is 1. The highest BCUT2D eigenvalue weighted by atomic mass is 16.2. The number of carbonyl (C=O) groups excluding carboxylic acids is 2. The summed E-state index contributed by atoms with van der Waals surface area (Å²) in [6.45, 7) is 4.38. The van der Waals surface area contributed by atoms with Crippen molar-refractivity contribution < 1.29 is 9.59 Å². The highest BCUT2D eigenvalue weighted by molar-refractivity contribution is 6.06. The molecule has 2 amide bonds. The van der Waals surface area contributed by atoms with Gasteiger partial charge in [-0.15, -0.1) is 0 Å². The van der Waals surface area contributed by atoms with Crippen molar-refractivity contribution in [2.24, 2.45) is 28.7 Å². The number of guanidine groups is 1. The minimum absolute atomic E-state index is 0.0264. The maximum atomic E-state index is 12.8. The van der Waals surface area contributed by atoms with Gasteiger partial charge in [-0.1, -0.05) is 30.4 Å². The van der Waals surface area contributed by atoms with Crippen LogP contribution in [-0.2, 0) is 16.1 Å². The molecule has 8 nitrogen and oxygen atoms in total. The molecule has 2 N–H and O–H groups in total. The van der Waals surface area contributed by atoms with Crippen molar-refractivity contribution in [2.75, 3.05) is 19.6 Å². The summed E-state index contributed by atoms with van der Waals surface area (Å²) in [6, 6.07) is 8.12. The van der Waals surface area contributed by atoms with Gasteiger partial charge in [-0.25, -0.2) is 9.98 Å². The number of aromatic nitrogens is 2. The van der Waals surface area contributed by atoms with E-state index in [-0.39, 0.29) is 35.5 Å². The lowest BCUT2D eigenvalue weighted by atomic mass is 9.85. The van der Waals surface area contributed by atoms with Crippen molar-refractivity contribution >= 4 is 17.8 Å². The number of nitrogens with zero attached hydrogens (tertiary/aromatic N) is 4. The predicted octanol–water partition coefficient (Wildman–Crippen LogP) is 2.12. The molecule has 172 valence electrons. The lowest BCUT2D eigenvalue weighted by Gasteiger charge is -2.18.